The lowest BCUT2D eigenvalue weighted by atomic mass is 9.85. The Morgan fingerprint density at radius 2 is 0.982 bits per heavy atom. The van der Waals surface area contributed by atoms with Crippen molar-refractivity contribution < 1.29 is 63.1 Å². The minimum Gasteiger partial charge on any atom is -0.462 e. The Kier molecular flexibility index (Phi) is 28.4. The minimum absolute atomic E-state index is 0.0590. The van der Waals surface area contributed by atoms with E-state index in [1.165, 1.54) is 0 Å². The molecule has 0 spiro atoms. The molecule has 55 heavy (non-hydrogen) atoms. The van der Waals surface area contributed by atoms with Crippen LogP contribution in [0.15, 0.2) is 85.1 Å². The zero-order valence-electron chi connectivity index (χ0n) is 32.4. The molecule has 0 aromatic heterocycles. The Balaban J connectivity index is 2.60. The quantitative estimate of drug-likeness (QED) is 0.0217. The van der Waals surface area contributed by atoms with Crippen LogP contribution in [-0.2, 0) is 32.7 Å². The smallest absolute Gasteiger partial charge is 0.462 e. The third-order valence-corrected chi connectivity index (χ3v) is 9.37. The maximum absolute atomic E-state index is 12.7. The van der Waals surface area contributed by atoms with Crippen molar-refractivity contribution >= 4 is 19.8 Å². The Morgan fingerprint density at radius 1 is 0.564 bits per heavy atom. The summed E-state index contributed by atoms with van der Waals surface area (Å²) in [6.07, 6.45) is 25.2. The van der Waals surface area contributed by atoms with Crippen LogP contribution in [0.2, 0.25) is 0 Å². The Morgan fingerprint density at radius 3 is 1.51 bits per heavy atom. The van der Waals surface area contributed by atoms with Crippen molar-refractivity contribution in [1.29, 1.82) is 0 Å². The van der Waals surface area contributed by atoms with Gasteiger partial charge in [0.25, 0.3) is 0 Å². The molecule has 0 aliphatic heterocycles. The summed E-state index contributed by atoms with van der Waals surface area (Å²) in [6, 6.07) is 0. The van der Waals surface area contributed by atoms with Crippen molar-refractivity contribution in [2.45, 2.75) is 146 Å². The molecule has 0 radical (unpaired) electrons. The lowest BCUT2D eigenvalue weighted by Gasteiger charge is -2.41. The van der Waals surface area contributed by atoms with Crippen LogP contribution in [0.1, 0.15) is 104 Å². The number of hydrogen-bond acceptors (Lipinski definition) is 12. The molecule has 1 saturated carbocycles. The molecule has 1 fully saturated rings. The van der Waals surface area contributed by atoms with Crippen molar-refractivity contribution in [1.82, 2.24) is 0 Å². The maximum Gasteiger partial charge on any atom is 0.472 e. The van der Waals surface area contributed by atoms with E-state index in [9.17, 15) is 44.6 Å². The SMILES string of the molecule is CC/C=C/C=C/C=C/C=C/CCCCCC(=O)OCC(COP(=O)(O)OC1C(O)C(O)C(O)[C@@H](O)C1O)OC(=O)CCCCCCC/C=C/C=C/C=C/CC. The lowest BCUT2D eigenvalue weighted by molar-refractivity contribution is -0.220. The second kappa shape index (κ2) is 31.2. The van der Waals surface area contributed by atoms with E-state index in [2.05, 4.69) is 32.1 Å². The molecule has 0 bridgehead atoms. The fraction of sp³-hybridized carbons (Fsp3) is 0.610. The predicted octanol–water partition coefficient (Wildman–Crippen LogP) is 6.16. The molecule has 0 aromatic carbocycles. The number of aliphatic hydroxyl groups excluding tert-OH is 5. The van der Waals surface area contributed by atoms with Crippen LogP contribution in [0.25, 0.3) is 0 Å². The molecule has 13 nitrogen and oxygen atoms in total. The normalized spacial score (nSPS) is 24.0. The summed E-state index contributed by atoms with van der Waals surface area (Å²) < 4.78 is 33.3. The molecule has 14 heteroatoms. The van der Waals surface area contributed by atoms with Gasteiger partial charge in [-0.05, 0) is 51.4 Å². The van der Waals surface area contributed by atoms with E-state index in [0.717, 1.165) is 64.2 Å². The average Bonchev–Trinajstić information content (AvgIpc) is 3.16. The van der Waals surface area contributed by atoms with Crippen LogP contribution in [0, 0.1) is 0 Å². The first-order chi connectivity index (χ1) is 26.4. The van der Waals surface area contributed by atoms with Gasteiger partial charge < -0.3 is 39.9 Å². The van der Waals surface area contributed by atoms with Gasteiger partial charge in [0.05, 0.1) is 6.61 Å². The van der Waals surface area contributed by atoms with Gasteiger partial charge in [-0.25, -0.2) is 4.57 Å². The van der Waals surface area contributed by atoms with Gasteiger partial charge in [-0.3, -0.25) is 18.6 Å². The van der Waals surface area contributed by atoms with Gasteiger partial charge in [-0.1, -0.05) is 125 Å². The lowest BCUT2D eigenvalue weighted by Crippen LogP contribution is -2.64. The first-order valence-corrected chi connectivity index (χ1v) is 21.0. The van der Waals surface area contributed by atoms with Gasteiger partial charge in [-0.15, -0.1) is 0 Å². The largest absolute Gasteiger partial charge is 0.472 e. The standard InChI is InChI=1S/C41H65O13P/c1-3-5-7-9-11-13-15-17-19-21-23-25-27-29-34(42)51-31-33(32-52-55(49,50)54-41-39(47)37(45)36(44)38(46)40(41)48)53-35(43)30-28-26-24-22-20-18-16-14-12-10-8-6-4-2/h5-17,19,33,36-41,44-48H,3-4,18,20-32H2,1-2H3,(H,49,50)/b7-5+,8-6+,11-9+,12-10+,15-13+,16-14+,19-17+/t33?,36?,37-,38?,39?,40?,41?/m1/s1. The van der Waals surface area contributed by atoms with E-state index in [1.54, 1.807) is 0 Å². The van der Waals surface area contributed by atoms with E-state index < -0.39 is 75.7 Å². The van der Waals surface area contributed by atoms with Crippen molar-refractivity contribution in [2.24, 2.45) is 0 Å². The summed E-state index contributed by atoms with van der Waals surface area (Å²) in [5, 5.41) is 49.9. The number of phosphoric ester groups is 1. The molecular formula is C41H65O13P. The van der Waals surface area contributed by atoms with Gasteiger partial charge in [-0.2, -0.15) is 0 Å². The molecule has 0 amide bonds. The van der Waals surface area contributed by atoms with E-state index in [1.807, 2.05) is 66.8 Å². The molecule has 0 heterocycles. The molecule has 1 aliphatic carbocycles. The monoisotopic (exact) mass is 796 g/mol. The highest BCUT2D eigenvalue weighted by Gasteiger charge is 2.51. The second-order valence-corrected chi connectivity index (χ2v) is 14.6. The fourth-order valence-electron chi connectivity index (χ4n) is 5.24. The van der Waals surface area contributed by atoms with Crippen LogP contribution in [0.3, 0.4) is 0 Å². The number of carbonyl (C=O) groups excluding carboxylic acids is 2. The van der Waals surface area contributed by atoms with E-state index >= 15 is 0 Å². The molecule has 8 atom stereocenters. The predicted molar refractivity (Wildman–Crippen MR) is 211 cm³/mol. The summed E-state index contributed by atoms with van der Waals surface area (Å²) in [4.78, 5) is 35.5. The number of ether oxygens (including phenoxy) is 2. The summed E-state index contributed by atoms with van der Waals surface area (Å²) in [7, 11) is -5.13. The first kappa shape index (κ1) is 50.0. The Bertz CT molecular complexity index is 1290. The van der Waals surface area contributed by atoms with Crippen LogP contribution < -0.4 is 0 Å². The summed E-state index contributed by atoms with van der Waals surface area (Å²) >= 11 is 0. The Hall–Kier alpha value is -2.97. The number of allylic oxidation sites excluding steroid dienone is 14. The highest BCUT2D eigenvalue weighted by Crippen LogP contribution is 2.47. The van der Waals surface area contributed by atoms with Crippen LogP contribution in [0.5, 0.6) is 0 Å². The molecule has 7 unspecified atom stereocenters. The minimum atomic E-state index is -5.13. The van der Waals surface area contributed by atoms with Gasteiger partial charge in [0, 0.05) is 12.8 Å². The van der Waals surface area contributed by atoms with Crippen molar-refractivity contribution in [3.8, 4) is 0 Å². The zero-order chi connectivity index (χ0) is 40.7. The second-order valence-electron chi connectivity index (χ2n) is 13.2. The molecule has 0 aromatic rings. The fourth-order valence-corrected chi connectivity index (χ4v) is 6.21. The van der Waals surface area contributed by atoms with Crippen LogP contribution >= 0.6 is 7.82 Å². The average molecular weight is 797 g/mol. The third kappa shape index (κ3) is 24.3. The van der Waals surface area contributed by atoms with Gasteiger partial charge >= 0.3 is 19.8 Å². The van der Waals surface area contributed by atoms with E-state index in [-0.39, 0.29) is 12.8 Å². The summed E-state index contributed by atoms with van der Waals surface area (Å²) in [5.74, 6) is -1.18. The zero-order valence-corrected chi connectivity index (χ0v) is 33.3. The highest BCUT2D eigenvalue weighted by molar-refractivity contribution is 7.47. The number of hydrogen-bond donors (Lipinski definition) is 6. The van der Waals surface area contributed by atoms with Crippen molar-refractivity contribution in [3.05, 3.63) is 85.1 Å². The van der Waals surface area contributed by atoms with Crippen molar-refractivity contribution in [3.63, 3.8) is 0 Å². The number of phosphoric acid groups is 1. The van der Waals surface area contributed by atoms with Gasteiger partial charge in [0.15, 0.2) is 6.10 Å². The number of unbranched alkanes of at least 4 members (excludes halogenated alkanes) is 8. The van der Waals surface area contributed by atoms with Crippen molar-refractivity contribution in [2.75, 3.05) is 13.2 Å². The summed E-state index contributed by atoms with van der Waals surface area (Å²) in [5.41, 5.74) is 0. The van der Waals surface area contributed by atoms with Crippen LogP contribution in [0.4, 0.5) is 0 Å². The number of esters is 2. The Labute approximate surface area is 327 Å². The summed E-state index contributed by atoms with van der Waals surface area (Å²) in [6.45, 7) is 2.92. The number of aliphatic hydroxyl groups is 5. The molecule has 0 saturated heterocycles. The van der Waals surface area contributed by atoms with E-state index in [4.69, 9.17) is 18.5 Å². The third-order valence-electron chi connectivity index (χ3n) is 8.39. The number of rotatable bonds is 29. The van der Waals surface area contributed by atoms with Gasteiger partial charge in [0.1, 0.15) is 43.2 Å². The number of carbonyl (C=O) groups is 2. The van der Waals surface area contributed by atoms with Crippen LogP contribution in [-0.4, -0.2) is 98.3 Å². The van der Waals surface area contributed by atoms with E-state index in [0.29, 0.717) is 12.8 Å². The highest BCUT2D eigenvalue weighted by atomic mass is 31.2. The molecule has 6 N–H and O–H groups in total. The first-order valence-electron chi connectivity index (χ1n) is 19.5. The molecule has 312 valence electrons. The molecular weight excluding hydrogens is 731 g/mol. The topological polar surface area (TPSA) is 210 Å². The maximum atomic E-state index is 12.7. The molecule has 1 aliphatic rings. The van der Waals surface area contributed by atoms with Gasteiger partial charge in [0.2, 0.25) is 0 Å². The molecule has 1 rings (SSSR count).